The molecule has 5 rings (SSSR count). The molecule has 0 atom stereocenters. The molecule has 0 saturated carbocycles. The van der Waals surface area contributed by atoms with Crippen LogP contribution in [0.2, 0.25) is 0 Å². The number of aromatic amines is 1. The van der Waals surface area contributed by atoms with Gasteiger partial charge in [-0.15, -0.1) is 0 Å². The average Bonchev–Trinajstić information content (AvgIpc) is 3.52. The summed E-state index contributed by atoms with van der Waals surface area (Å²) in [6.07, 6.45) is 3.41. The number of aryl methyl sites for hydroxylation is 1. The molecule has 2 heterocycles. The number of ether oxygens (including phenoxy) is 1. The van der Waals surface area contributed by atoms with E-state index in [9.17, 15) is 4.79 Å². The lowest BCUT2D eigenvalue weighted by molar-refractivity contribution is -0.111. The van der Waals surface area contributed by atoms with E-state index in [4.69, 9.17) is 4.74 Å². The van der Waals surface area contributed by atoms with Crippen molar-refractivity contribution < 1.29 is 9.53 Å². The predicted molar refractivity (Wildman–Crippen MR) is 165 cm³/mol. The first kappa shape index (κ1) is 26.8. The molecule has 0 fully saturated rings. The number of nitrogens with one attached hydrogen (secondary N) is 3. The third kappa shape index (κ3) is 5.23. The maximum absolute atomic E-state index is 12.3. The molecular formula is C31H35N7O2. The van der Waals surface area contributed by atoms with Crippen molar-refractivity contribution >= 4 is 50.6 Å². The Labute approximate surface area is 234 Å². The van der Waals surface area contributed by atoms with Gasteiger partial charge in [-0.2, -0.15) is 5.10 Å². The normalized spacial score (nSPS) is 11.2. The maximum Gasteiger partial charge on any atom is 0.247 e. The molecule has 1 amide bonds. The molecule has 3 aromatic carbocycles. The summed E-state index contributed by atoms with van der Waals surface area (Å²) in [7, 11) is 9.74. The summed E-state index contributed by atoms with van der Waals surface area (Å²) in [5, 5.41) is 16.2. The number of fused-ring (bicyclic) bond motifs is 2. The van der Waals surface area contributed by atoms with Crippen LogP contribution in [0.1, 0.15) is 0 Å². The summed E-state index contributed by atoms with van der Waals surface area (Å²) in [6.45, 7) is 5.22. The van der Waals surface area contributed by atoms with Crippen molar-refractivity contribution in [3.05, 3.63) is 73.4 Å². The minimum Gasteiger partial charge on any atom is -0.494 e. The number of para-hydroxylation sites is 1. The molecule has 0 radical (unpaired) electrons. The highest BCUT2D eigenvalue weighted by Gasteiger charge is 2.18. The van der Waals surface area contributed by atoms with Crippen LogP contribution in [0.3, 0.4) is 0 Å². The molecular weight excluding hydrogens is 502 g/mol. The van der Waals surface area contributed by atoms with Crippen LogP contribution in [0, 0.1) is 0 Å². The second kappa shape index (κ2) is 11.2. The fourth-order valence-corrected chi connectivity index (χ4v) is 4.89. The number of carbonyl (C=O) groups excluding carboxylic acids is 1. The molecule has 206 valence electrons. The zero-order valence-electron chi connectivity index (χ0n) is 23.6. The molecule has 0 bridgehead atoms. The van der Waals surface area contributed by atoms with Crippen molar-refractivity contribution in [3.8, 4) is 16.9 Å². The van der Waals surface area contributed by atoms with E-state index in [0.717, 1.165) is 35.2 Å². The highest BCUT2D eigenvalue weighted by molar-refractivity contribution is 6.03. The molecule has 9 nitrogen and oxygen atoms in total. The fraction of sp³-hybridized carbons (Fsp3) is 0.226. The topological polar surface area (TPSA) is 90.5 Å². The third-order valence-electron chi connectivity index (χ3n) is 7.08. The second-order valence-electron chi connectivity index (χ2n) is 10.1. The van der Waals surface area contributed by atoms with Gasteiger partial charge in [-0.3, -0.25) is 9.89 Å². The maximum atomic E-state index is 12.3. The van der Waals surface area contributed by atoms with E-state index in [1.54, 1.807) is 7.11 Å². The number of H-pyrrole nitrogens is 1. The van der Waals surface area contributed by atoms with Crippen LogP contribution in [-0.4, -0.2) is 66.9 Å². The van der Waals surface area contributed by atoms with Crippen molar-refractivity contribution in [2.75, 3.05) is 56.9 Å². The number of hydrogen-bond donors (Lipinski definition) is 3. The number of hydrogen-bond acceptors (Lipinski definition) is 6. The van der Waals surface area contributed by atoms with Gasteiger partial charge >= 0.3 is 0 Å². The number of aromatic nitrogens is 3. The van der Waals surface area contributed by atoms with E-state index >= 15 is 0 Å². The molecule has 2 aromatic heterocycles. The lowest BCUT2D eigenvalue weighted by Crippen LogP contribution is -2.29. The summed E-state index contributed by atoms with van der Waals surface area (Å²) in [5.41, 5.74) is 6.54. The summed E-state index contributed by atoms with van der Waals surface area (Å²) >= 11 is 0. The molecule has 40 heavy (non-hydrogen) atoms. The Balaban J connectivity index is 1.50. The number of amides is 1. The fourth-order valence-electron chi connectivity index (χ4n) is 4.89. The van der Waals surface area contributed by atoms with Gasteiger partial charge in [0.05, 0.1) is 29.7 Å². The highest BCUT2D eigenvalue weighted by atomic mass is 16.5. The minimum atomic E-state index is -0.287. The van der Waals surface area contributed by atoms with Crippen LogP contribution >= 0.6 is 0 Å². The van der Waals surface area contributed by atoms with Crippen molar-refractivity contribution in [2.24, 2.45) is 7.05 Å². The lowest BCUT2D eigenvalue weighted by Gasteiger charge is -2.26. The molecule has 9 heteroatoms. The number of methoxy groups -OCH3 is 1. The number of rotatable bonds is 10. The standard InChI is InChI=1S/C31H35N7O2/c1-7-30(39)32-25-17-26(29(40-6)18-28(25)37(4)15-14-36(2)3)33-31-22-13-12-20(16-24(22)34-35-31)23-19-38(5)27-11-9-8-10-21(23)27/h7-13,16-19H,1,14-15H2,2-6H3,(H,32,39)(H2,33,34,35). The van der Waals surface area contributed by atoms with Gasteiger partial charge in [-0.25, -0.2) is 0 Å². The van der Waals surface area contributed by atoms with Gasteiger partial charge in [-0.05, 0) is 50.0 Å². The molecule has 0 aliphatic rings. The lowest BCUT2D eigenvalue weighted by atomic mass is 10.0. The Bertz CT molecular complexity index is 1700. The van der Waals surface area contributed by atoms with E-state index in [1.165, 1.54) is 22.5 Å². The molecule has 5 aromatic rings. The van der Waals surface area contributed by atoms with Crippen molar-refractivity contribution in [1.29, 1.82) is 0 Å². The zero-order chi connectivity index (χ0) is 28.4. The van der Waals surface area contributed by atoms with Crippen LogP contribution in [0.25, 0.3) is 32.9 Å². The summed E-state index contributed by atoms with van der Waals surface area (Å²) in [6, 6.07) is 18.5. The van der Waals surface area contributed by atoms with Crippen LogP contribution in [0.4, 0.5) is 22.9 Å². The summed E-state index contributed by atoms with van der Waals surface area (Å²) in [4.78, 5) is 16.5. The average molecular weight is 538 g/mol. The predicted octanol–water partition coefficient (Wildman–Crippen LogP) is 5.60. The number of benzene rings is 3. The van der Waals surface area contributed by atoms with Crippen LogP contribution < -0.4 is 20.3 Å². The first-order valence-electron chi connectivity index (χ1n) is 13.1. The molecule has 3 N–H and O–H groups in total. The molecule has 0 saturated heterocycles. The van der Waals surface area contributed by atoms with E-state index in [2.05, 4.69) is 97.5 Å². The Morgan fingerprint density at radius 1 is 1.07 bits per heavy atom. The van der Waals surface area contributed by atoms with Gasteiger partial charge in [0.25, 0.3) is 0 Å². The Morgan fingerprint density at radius 2 is 1.88 bits per heavy atom. The molecule has 0 aliphatic heterocycles. The SMILES string of the molecule is C=CC(=O)Nc1cc(Nc2n[nH]c3cc(-c4cn(C)c5ccccc45)ccc23)c(OC)cc1N(C)CCN(C)C. The number of nitrogens with zero attached hydrogens (tertiary/aromatic N) is 4. The summed E-state index contributed by atoms with van der Waals surface area (Å²) in [5.74, 6) is 1.00. The van der Waals surface area contributed by atoms with Crippen molar-refractivity contribution in [1.82, 2.24) is 19.7 Å². The molecule has 0 spiro atoms. The van der Waals surface area contributed by atoms with Gasteiger partial charge in [0.2, 0.25) is 5.91 Å². The smallest absolute Gasteiger partial charge is 0.247 e. The van der Waals surface area contributed by atoms with Crippen LogP contribution in [0.15, 0.2) is 73.4 Å². The Morgan fingerprint density at radius 3 is 2.62 bits per heavy atom. The Kier molecular flexibility index (Phi) is 7.48. The third-order valence-corrected chi connectivity index (χ3v) is 7.08. The van der Waals surface area contributed by atoms with Gasteiger partial charge in [0, 0.05) is 61.3 Å². The van der Waals surface area contributed by atoms with E-state index < -0.39 is 0 Å². The van der Waals surface area contributed by atoms with Gasteiger partial charge in [0.1, 0.15) is 5.75 Å². The van der Waals surface area contributed by atoms with Gasteiger partial charge in [-0.1, -0.05) is 30.8 Å². The highest BCUT2D eigenvalue weighted by Crippen LogP contribution is 2.39. The van der Waals surface area contributed by atoms with Crippen LogP contribution in [0.5, 0.6) is 5.75 Å². The summed E-state index contributed by atoms with van der Waals surface area (Å²) < 4.78 is 7.90. The number of carbonyl (C=O) groups is 1. The monoisotopic (exact) mass is 537 g/mol. The minimum absolute atomic E-state index is 0.287. The number of likely N-dealkylation sites (N-methyl/N-ethyl adjacent to an activating group) is 2. The van der Waals surface area contributed by atoms with Crippen molar-refractivity contribution in [3.63, 3.8) is 0 Å². The van der Waals surface area contributed by atoms with E-state index in [1.807, 2.05) is 33.3 Å². The van der Waals surface area contributed by atoms with Gasteiger partial charge in [0.15, 0.2) is 5.82 Å². The van der Waals surface area contributed by atoms with E-state index in [0.29, 0.717) is 22.9 Å². The molecule has 0 unspecified atom stereocenters. The van der Waals surface area contributed by atoms with Crippen molar-refractivity contribution in [2.45, 2.75) is 0 Å². The first-order valence-corrected chi connectivity index (χ1v) is 13.1. The Hall–Kier alpha value is -4.76. The first-order chi connectivity index (χ1) is 19.3. The van der Waals surface area contributed by atoms with Crippen LogP contribution in [-0.2, 0) is 11.8 Å². The molecule has 0 aliphatic carbocycles. The van der Waals surface area contributed by atoms with Gasteiger partial charge < -0.3 is 29.7 Å². The second-order valence-corrected chi connectivity index (χ2v) is 10.1. The zero-order valence-corrected chi connectivity index (χ0v) is 23.6. The largest absolute Gasteiger partial charge is 0.494 e. The number of anilines is 4. The quantitative estimate of drug-likeness (QED) is 0.201. The van der Waals surface area contributed by atoms with E-state index in [-0.39, 0.29) is 5.91 Å².